The van der Waals surface area contributed by atoms with Gasteiger partial charge in [0.05, 0.1) is 11.0 Å². The van der Waals surface area contributed by atoms with Crippen LogP contribution in [0.15, 0.2) is 36.4 Å². The fourth-order valence-corrected chi connectivity index (χ4v) is 7.79. The van der Waals surface area contributed by atoms with Crippen molar-refractivity contribution in [1.29, 1.82) is 0 Å². The van der Waals surface area contributed by atoms with Crippen LogP contribution in [0.25, 0.3) is 0 Å². The molecule has 3 aliphatic carbocycles. The SMILES string of the molecule is CN1CCC23c4c5ccc(O)c4O[C@H]2C(=O)C2(Cc4ccccc4C2)C[C@@]3(O)[C@H]1C5. The van der Waals surface area contributed by atoms with Crippen molar-refractivity contribution >= 4 is 5.78 Å². The number of Topliss-reactive ketones (excluding diaryl/α,β-unsaturated/α-hetero) is 1. The first-order valence-corrected chi connectivity index (χ1v) is 11.0. The molecule has 5 aliphatic rings. The van der Waals surface area contributed by atoms with E-state index in [1.165, 1.54) is 11.1 Å². The van der Waals surface area contributed by atoms with Crippen LogP contribution in [-0.2, 0) is 29.5 Å². The average Bonchev–Trinajstić information content (AvgIpc) is 3.26. The first-order valence-electron chi connectivity index (χ1n) is 11.0. The summed E-state index contributed by atoms with van der Waals surface area (Å²) >= 11 is 0. The van der Waals surface area contributed by atoms with Crippen LogP contribution in [-0.4, -0.2) is 52.2 Å². The first-order chi connectivity index (χ1) is 14.4. The van der Waals surface area contributed by atoms with E-state index in [2.05, 4.69) is 24.1 Å². The lowest BCUT2D eigenvalue weighted by atomic mass is 9.44. The van der Waals surface area contributed by atoms with Crippen molar-refractivity contribution in [2.24, 2.45) is 5.41 Å². The van der Waals surface area contributed by atoms with Gasteiger partial charge in [-0.05, 0) is 68.5 Å². The van der Waals surface area contributed by atoms with Crippen LogP contribution < -0.4 is 4.74 Å². The highest BCUT2D eigenvalue weighted by molar-refractivity contribution is 5.96. The van der Waals surface area contributed by atoms with E-state index in [9.17, 15) is 15.0 Å². The van der Waals surface area contributed by atoms with Crippen molar-refractivity contribution in [2.75, 3.05) is 13.6 Å². The normalized spacial score (nSPS) is 37.1. The van der Waals surface area contributed by atoms with Gasteiger partial charge in [0.1, 0.15) is 0 Å². The quantitative estimate of drug-likeness (QED) is 0.705. The molecule has 0 radical (unpaired) electrons. The van der Waals surface area contributed by atoms with Crippen molar-refractivity contribution in [3.05, 3.63) is 58.7 Å². The topological polar surface area (TPSA) is 70.0 Å². The Morgan fingerprint density at radius 3 is 2.57 bits per heavy atom. The second-order valence-electron chi connectivity index (χ2n) is 10.2. The van der Waals surface area contributed by atoms with E-state index in [4.69, 9.17) is 4.74 Å². The number of hydrogen-bond donors (Lipinski definition) is 2. The largest absolute Gasteiger partial charge is 0.504 e. The van der Waals surface area contributed by atoms with Gasteiger partial charge in [-0.25, -0.2) is 0 Å². The summed E-state index contributed by atoms with van der Waals surface area (Å²) < 4.78 is 6.33. The highest BCUT2D eigenvalue weighted by Gasteiger charge is 2.77. The van der Waals surface area contributed by atoms with E-state index in [0.29, 0.717) is 37.9 Å². The minimum atomic E-state index is -1.06. The van der Waals surface area contributed by atoms with Crippen molar-refractivity contribution in [1.82, 2.24) is 4.90 Å². The lowest BCUT2D eigenvalue weighted by molar-refractivity contribution is -0.206. The second kappa shape index (κ2) is 5.09. The molecule has 0 aromatic heterocycles. The monoisotopic (exact) mass is 403 g/mol. The molecule has 2 aliphatic heterocycles. The summed E-state index contributed by atoms with van der Waals surface area (Å²) in [5, 5.41) is 23.1. The Labute approximate surface area is 175 Å². The summed E-state index contributed by atoms with van der Waals surface area (Å²) in [5.74, 6) is 0.615. The molecule has 2 spiro atoms. The highest BCUT2D eigenvalue weighted by atomic mass is 16.5. The fraction of sp³-hybridized carbons (Fsp3) is 0.480. The molecule has 2 aromatic carbocycles. The Balaban J connectivity index is 1.48. The molecular formula is C25H25NO4. The number of rotatable bonds is 0. The van der Waals surface area contributed by atoms with Crippen molar-refractivity contribution in [2.45, 2.75) is 55.3 Å². The average molecular weight is 403 g/mol. The van der Waals surface area contributed by atoms with Crippen molar-refractivity contribution in [3.63, 3.8) is 0 Å². The maximum Gasteiger partial charge on any atom is 0.181 e. The second-order valence-corrected chi connectivity index (χ2v) is 10.2. The number of phenolic OH excluding ortho intramolecular Hbond substituents is 1. The van der Waals surface area contributed by atoms with Crippen LogP contribution >= 0.6 is 0 Å². The molecule has 1 unspecified atom stereocenters. The van der Waals surface area contributed by atoms with Gasteiger partial charge < -0.3 is 19.8 Å². The molecule has 1 saturated heterocycles. The molecule has 4 atom stereocenters. The van der Waals surface area contributed by atoms with Gasteiger partial charge >= 0.3 is 0 Å². The van der Waals surface area contributed by atoms with Crippen LogP contribution in [0.5, 0.6) is 11.5 Å². The number of carbonyl (C=O) groups is 1. The molecule has 0 amide bonds. The number of fused-ring (bicyclic) bond motifs is 1. The van der Waals surface area contributed by atoms with E-state index in [0.717, 1.165) is 17.7 Å². The zero-order valence-electron chi connectivity index (χ0n) is 17.0. The van der Waals surface area contributed by atoms with E-state index >= 15 is 0 Å². The number of ketones is 1. The smallest absolute Gasteiger partial charge is 0.181 e. The predicted octanol–water partition coefficient (Wildman–Crippen LogP) is 2.14. The summed E-state index contributed by atoms with van der Waals surface area (Å²) in [5.41, 5.74) is 1.95. The zero-order chi connectivity index (χ0) is 20.5. The Kier molecular flexibility index (Phi) is 2.94. The van der Waals surface area contributed by atoms with Crippen LogP contribution in [0.3, 0.4) is 0 Å². The molecule has 154 valence electrons. The molecular weight excluding hydrogens is 378 g/mol. The van der Waals surface area contributed by atoms with Crippen molar-refractivity contribution < 1.29 is 19.7 Å². The number of ether oxygens (including phenoxy) is 1. The van der Waals surface area contributed by atoms with Crippen LogP contribution in [0.4, 0.5) is 0 Å². The summed E-state index contributed by atoms with van der Waals surface area (Å²) in [4.78, 5) is 16.4. The Morgan fingerprint density at radius 1 is 1.10 bits per heavy atom. The molecule has 2 fully saturated rings. The number of piperidine rings is 1. The Hall–Kier alpha value is -2.37. The number of nitrogens with zero attached hydrogens (tertiary/aromatic N) is 1. The molecule has 5 nitrogen and oxygen atoms in total. The molecule has 30 heavy (non-hydrogen) atoms. The molecule has 7 rings (SSSR count). The highest BCUT2D eigenvalue weighted by Crippen LogP contribution is 2.68. The third-order valence-corrected chi connectivity index (χ3v) is 9.03. The molecule has 2 aromatic rings. The molecule has 2 heterocycles. The summed E-state index contributed by atoms with van der Waals surface area (Å²) in [6, 6.07) is 11.8. The van der Waals surface area contributed by atoms with Crippen LogP contribution in [0, 0.1) is 5.41 Å². The lowest BCUT2D eigenvalue weighted by Gasteiger charge is -2.64. The maximum atomic E-state index is 14.1. The van der Waals surface area contributed by atoms with Gasteiger partial charge in [-0.2, -0.15) is 0 Å². The third-order valence-electron chi connectivity index (χ3n) is 9.03. The molecule has 2 bridgehead atoms. The summed E-state index contributed by atoms with van der Waals surface area (Å²) in [6.45, 7) is 0.807. The van der Waals surface area contributed by atoms with Crippen LogP contribution in [0.2, 0.25) is 0 Å². The zero-order valence-corrected chi connectivity index (χ0v) is 17.0. The summed E-state index contributed by atoms with van der Waals surface area (Å²) in [6.07, 6.45) is 2.42. The fourth-order valence-electron chi connectivity index (χ4n) is 7.79. The van der Waals surface area contributed by atoms with E-state index in [-0.39, 0.29) is 17.6 Å². The van der Waals surface area contributed by atoms with Gasteiger partial charge in [-0.3, -0.25) is 4.79 Å². The first kappa shape index (κ1) is 17.3. The van der Waals surface area contributed by atoms with E-state index in [1.807, 2.05) is 18.2 Å². The van der Waals surface area contributed by atoms with E-state index < -0.39 is 22.5 Å². The third kappa shape index (κ3) is 1.67. The maximum absolute atomic E-state index is 14.1. The minimum absolute atomic E-state index is 0.0611. The van der Waals surface area contributed by atoms with Gasteiger partial charge in [0.15, 0.2) is 23.4 Å². The standard InChI is InChI=1S/C25H25NO4/c1-26-9-8-24-19-14-6-7-17(27)20(19)30-22(24)21(28)23(13-25(24,29)18(26)10-14)11-15-4-2-3-5-16(15)12-23/h2-7,18,22,27,29H,8-13H2,1H3/t18-,22+,24?,25-/m1/s1. The van der Waals surface area contributed by atoms with Crippen LogP contribution in [0.1, 0.15) is 35.1 Å². The number of hydrogen-bond acceptors (Lipinski definition) is 5. The van der Waals surface area contributed by atoms with Gasteiger partial charge in [-0.1, -0.05) is 30.3 Å². The van der Waals surface area contributed by atoms with Gasteiger partial charge in [0.25, 0.3) is 0 Å². The number of likely N-dealkylation sites (N-methyl/N-ethyl adjacent to an activating group) is 1. The van der Waals surface area contributed by atoms with Gasteiger partial charge in [0.2, 0.25) is 0 Å². The molecule has 2 N–H and O–H groups in total. The summed E-state index contributed by atoms with van der Waals surface area (Å²) in [7, 11) is 2.08. The van der Waals surface area contributed by atoms with Gasteiger partial charge in [0, 0.05) is 17.0 Å². The molecule has 5 heteroatoms. The number of benzene rings is 2. The number of aliphatic hydroxyl groups is 1. The van der Waals surface area contributed by atoms with Gasteiger partial charge in [-0.15, -0.1) is 0 Å². The Morgan fingerprint density at radius 2 is 1.83 bits per heavy atom. The number of phenols is 1. The predicted molar refractivity (Wildman–Crippen MR) is 110 cm³/mol. The molecule has 1 saturated carbocycles. The number of likely N-dealkylation sites (tertiary alicyclic amines) is 1. The number of carbonyl (C=O) groups excluding carboxylic acids is 1. The lowest BCUT2D eigenvalue weighted by Crippen LogP contribution is -2.79. The minimum Gasteiger partial charge on any atom is -0.504 e. The van der Waals surface area contributed by atoms with E-state index in [1.54, 1.807) is 6.07 Å². The van der Waals surface area contributed by atoms with Crippen molar-refractivity contribution in [3.8, 4) is 11.5 Å². The number of aromatic hydroxyl groups is 1. The Bertz CT molecular complexity index is 1120.